The molecule has 5 rings (SSSR count). The van der Waals surface area contributed by atoms with E-state index in [4.69, 9.17) is 4.37 Å². The Bertz CT molecular complexity index is 1220. The SMILES string of the molecule is Cl.O=c1c2ccccc2cnn1CCCCN1CCN(c2nsc3ccccc23)CC1. The average Bonchev–Trinajstić information content (AvgIpc) is 3.23. The van der Waals surface area contributed by atoms with Crippen LogP contribution in [0.25, 0.3) is 20.9 Å². The minimum Gasteiger partial charge on any atom is -0.353 e. The molecule has 0 spiro atoms. The van der Waals surface area contributed by atoms with Gasteiger partial charge in [-0.1, -0.05) is 30.3 Å². The van der Waals surface area contributed by atoms with Gasteiger partial charge >= 0.3 is 0 Å². The summed E-state index contributed by atoms with van der Waals surface area (Å²) in [6.45, 7) is 5.88. The Morgan fingerprint density at radius 1 is 0.871 bits per heavy atom. The molecule has 1 fully saturated rings. The largest absolute Gasteiger partial charge is 0.353 e. The predicted octanol–water partition coefficient (Wildman–Crippen LogP) is 4.03. The normalized spacial score (nSPS) is 14.8. The molecule has 162 valence electrons. The third-order valence-electron chi connectivity index (χ3n) is 5.89. The number of aromatic nitrogens is 3. The number of fused-ring (bicyclic) bond motifs is 2. The van der Waals surface area contributed by atoms with Crippen LogP contribution in [0.1, 0.15) is 12.8 Å². The van der Waals surface area contributed by atoms with Gasteiger partial charge in [-0.2, -0.15) is 9.47 Å². The second kappa shape index (κ2) is 9.77. The molecule has 0 amide bonds. The summed E-state index contributed by atoms with van der Waals surface area (Å²) in [6.07, 6.45) is 3.82. The molecule has 0 saturated carbocycles. The van der Waals surface area contributed by atoms with Crippen LogP contribution in [0.15, 0.2) is 59.5 Å². The molecule has 6 nitrogen and oxygen atoms in total. The first kappa shape index (κ1) is 21.7. The van der Waals surface area contributed by atoms with E-state index < -0.39 is 0 Å². The molecule has 1 aliphatic heterocycles. The van der Waals surface area contributed by atoms with Crippen molar-refractivity contribution in [2.24, 2.45) is 0 Å². The maximum absolute atomic E-state index is 12.5. The van der Waals surface area contributed by atoms with Crippen LogP contribution in [-0.4, -0.2) is 51.8 Å². The number of piperazine rings is 1. The zero-order valence-corrected chi connectivity index (χ0v) is 18.9. The molecule has 8 heteroatoms. The monoisotopic (exact) mass is 455 g/mol. The molecule has 0 N–H and O–H groups in total. The highest BCUT2D eigenvalue weighted by Gasteiger charge is 2.20. The standard InChI is InChI=1S/C23H25N5OS.ClH/c29-23-19-8-2-1-7-18(19)17-24-28(23)12-6-5-11-26-13-15-27(16-14-26)22-20-9-3-4-10-21(20)30-25-22;/h1-4,7-10,17H,5-6,11-16H2;1H. The summed E-state index contributed by atoms with van der Waals surface area (Å²) in [5.74, 6) is 1.14. The maximum atomic E-state index is 12.5. The molecule has 2 aromatic carbocycles. The van der Waals surface area contributed by atoms with E-state index in [2.05, 4.69) is 39.2 Å². The fourth-order valence-corrected chi connectivity index (χ4v) is 4.96. The van der Waals surface area contributed by atoms with Crippen LogP contribution in [0.2, 0.25) is 0 Å². The molecule has 31 heavy (non-hydrogen) atoms. The first-order valence-corrected chi connectivity index (χ1v) is 11.3. The van der Waals surface area contributed by atoms with Gasteiger partial charge in [-0.25, -0.2) is 4.68 Å². The molecular weight excluding hydrogens is 430 g/mol. The Balaban J connectivity index is 0.00000231. The van der Waals surface area contributed by atoms with E-state index >= 15 is 0 Å². The van der Waals surface area contributed by atoms with Gasteiger partial charge < -0.3 is 4.90 Å². The van der Waals surface area contributed by atoms with Crippen molar-refractivity contribution in [3.63, 3.8) is 0 Å². The number of aryl methyl sites for hydroxylation is 1. The van der Waals surface area contributed by atoms with Crippen molar-refractivity contribution in [1.29, 1.82) is 0 Å². The minimum atomic E-state index is 0. The second-order valence-corrected chi connectivity index (χ2v) is 8.60. The number of nitrogens with zero attached hydrogens (tertiary/aromatic N) is 5. The third-order valence-corrected chi connectivity index (χ3v) is 6.70. The van der Waals surface area contributed by atoms with Gasteiger partial charge in [0.15, 0.2) is 0 Å². The van der Waals surface area contributed by atoms with E-state index in [1.807, 2.05) is 24.3 Å². The van der Waals surface area contributed by atoms with Gasteiger partial charge in [0.2, 0.25) is 0 Å². The van der Waals surface area contributed by atoms with Crippen molar-refractivity contribution in [3.05, 3.63) is 65.1 Å². The highest BCUT2D eigenvalue weighted by molar-refractivity contribution is 7.13. The van der Waals surface area contributed by atoms with E-state index in [1.54, 1.807) is 22.4 Å². The molecule has 1 saturated heterocycles. The second-order valence-electron chi connectivity index (χ2n) is 7.80. The van der Waals surface area contributed by atoms with Crippen molar-refractivity contribution in [2.45, 2.75) is 19.4 Å². The lowest BCUT2D eigenvalue weighted by atomic mass is 10.2. The lowest BCUT2D eigenvalue weighted by molar-refractivity contribution is 0.250. The van der Waals surface area contributed by atoms with Crippen LogP contribution >= 0.6 is 23.9 Å². The third kappa shape index (κ3) is 4.59. The van der Waals surface area contributed by atoms with Crippen molar-refractivity contribution in [3.8, 4) is 0 Å². The van der Waals surface area contributed by atoms with Crippen LogP contribution in [-0.2, 0) is 6.54 Å². The minimum absolute atomic E-state index is 0. The van der Waals surface area contributed by atoms with Gasteiger partial charge in [0.25, 0.3) is 5.56 Å². The van der Waals surface area contributed by atoms with Crippen molar-refractivity contribution in [1.82, 2.24) is 19.1 Å². The van der Waals surface area contributed by atoms with E-state index in [-0.39, 0.29) is 18.0 Å². The van der Waals surface area contributed by atoms with Gasteiger partial charge in [0.1, 0.15) is 5.82 Å². The lowest BCUT2D eigenvalue weighted by Gasteiger charge is -2.35. The van der Waals surface area contributed by atoms with Gasteiger partial charge in [0.05, 0.1) is 16.3 Å². The van der Waals surface area contributed by atoms with Gasteiger partial charge in [0, 0.05) is 43.5 Å². The van der Waals surface area contributed by atoms with E-state index in [0.717, 1.165) is 62.2 Å². The zero-order chi connectivity index (χ0) is 20.3. The van der Waals surface area contributed by atoms with E-state index in [0.29, 0.717) is 6.54 Å². The maximum Gasteiger partial charge on any atom is 0.274 e. The molecule has 0 bridgehead atoms. The van der Waals surface area contributed by atoms with Crippen LogP contribution in [0, 0.1) is 0 Å². The van der Waals surface area contributed by atoms with Crippen LogP contribution < -0.4 is 10.5 Å². The summed E-state index contributed by atoms with van der Waals surface area (Å²) in [5.41, 5.74) is 0.0113. The van der Waals surface area contributed by atoms with Gasteiger partial charge in [-0.15, -0.1) is 12.4 Å². The molecule has 0 unspecified atom stereocenters. The Hall–Kier alpha value is -2.48. The summed E-state index contributed by atoms with van der Waals surface area (Å²) in [6, 6.07) is 16.1. The highest BCUT2D eigenvalue weighted by atomic mass is 35.5. The number of anilines is 1. The first-order valence-electron chi connectivity index (χ1n) is 10.6. The summed E-state index contributed by atoms with van der Waals surface area (Å²) in [4.78, 5) is 17.5. The molecule has 3 heterocycles. The van der Waals surface area contributed by atoms with Crippen molar-refractivity contribution in [2.75, 3.05) is 37.6 Å². The smallest absolute Gasteiger partial charge is 0.274 e. The Morgan fingerprint density at radius 3 is 2.42 bits per heavy atom. The van der Waals surface area contributed by atoms with Crippen LogP contribution in [0.3, 0.4) is 0 Å². The number of hydrogen-bond donors (Lipinski definition) is 0. The Labute approximate surface area is 191 Å². The number of benzene rings is 2. The molecule has 4 aromatic rings. The molecular formula is C23H26ClN5OS. The quantitative estimate of drug-likeness (QED) is 0.411. The lowest BCUT2D eigenvalue weighted by Crippen LogP contribution is -2.46. The van der Waals surface area contributed by atoms with Gasteiger partial charge in [-0.05, 0) is 49.1 Å². The van der Waals surface area contributed by atoms with E-state index in [9.17, 15) is 4.79 Å². The molecule has 1 aliphatic rings. The summed E-state index contributed by atoms with van der Waals surface area (Å²) in [7, 11) is 0. The topological polar surface area (TPSA) is 54.3 Å². The first-order chi connectivity index (χ1) is 14.8. The van der Waals surface area contributed by atoms with E-state index in [1.165, 1.54) is 10.1 Å². The fourth-order valence-electron chi connectivity index (χ4n) is 4.17. The Kier molecular flexibility index (Phi) is 6.85. The van der Waals surface area contributed by atoms with Gasteiger partial charge in [-0.3, -0.25) is 9.69 Å². The predicted molar refractivity (Wildman–Crippen MR) is 131 cm³/mol. The number of unbranched alkanes of at least 4 members (excludes halogenated alkanes) is 1. The highest BCUT2D eigenvalue weighted by Crippen LogP contribution is 2.29. The van der Waals surface area contributed by atoms with Crippen LogP contribution in [0.5, 0.6) is 0 Å². The molecule has 0 radical (unpaired) electrons. The zero-order valence-electron chi connectivity index (χ0n) is 17.3. The van der Waals surface area contributed by atoms with Crippen molar-refractivity contribution < 1.29 is 0 Å². The van der Waals surface area contributed by atoms with Crippen LogP contribution in [0.4, 0.5) is 5.82 Å². The molecule has 0 aliphatic carbocycles. The summed E-state index contributed by atoms with van der Waals surface area (Å²) in [5, 5.41) is 7.26. The molecule has 2 aromatic heterocycles. The van der Waals surface area contributed by atoms with Crippen molar-refractivity contribution >= 4 is 50.6 Å². The average molecular weight is 456 g/mol. The summed E-state index contributed by atoms with van der Waals surface area (Å²) < 4.78 is 7.55. The number of hydrogen-bond acceptors (Lipinski definition) is 6. The number of rotatable bonds is 6. The summed E-state index contributed by atoms with van der Waals surface area (Å²) >= 11 is 1.59. The molecule has 0 atom stereocenters. The number of halogens is 1. The Morgan fingerprint density at radius 2 is 1.58 bits per heavy atom. The fraction of sp³-hybridized carbons (Fsp3) is 0.348.